The Morgan fingerprint density at radius 3 is 2.94 bits per heavy atom. The molecule has 2 rings (SSSR count). The Bertz CT molecular complexity index is 487. The van der Waals surface area contributed by atoms with Gasteiger partial charge in [-0.1, -0.05) is 6.07 Å². The van der Waals surface area contributed by atoms with Crippen molar-refractivity contribution in [1.82, 2.24) is 0 Å². The summed E-state index contributed by atoms with van der Waals surface area (Å²) in [6.07, 6.45) is 1.47. The topological polar surface area (TPSA) is 58.7 Å². The van der Waals surface area contributed by atoms with Crippen LogP contribution in [0.25, 0.3) is 0 Å². The third-order valence-electron chi connectivity index (χ3n) is 3.02. The van der Waals surface area contributed by atoms with E-state index < -0.39 is 0 Å². The predicted octanol–water partition coefficient (Wildman–Crippen LogP) is 1.90. The minimum absolute atomic E-state index is 0.105. The molecule has 0 saturated heterocycles. The molecule has 18 heavy (non-hydrogen) atoms. The van der Waals surface area contributed by atoms with Gasteiger partial charge in [0.2, 0.25) is 0 Å². The van der Waals surface area contributed by atoms with Crippen LogP contribution in [0.15, 0.2) is 29.4 Å². The molecular weight excluding hydrogens is 233 g/mol. The van der Waals surface area contributed by atoms with Crippen molar-refractivity contribution >= 4 is 17.3 Å². The third kappa shape index (κ3) is 2.41. The van der Waals surface area contributed by atoms with Crippen LogP contribution < -0.4 is 10.7 Å². The lowest BCUT2D eigenvalue weighted by Gasteiger charge is -2.14. The monoisotopic (exact) mass is 249 g/mol. The van der Waals surface area contributed by atoms with Crippen LogP contribution in [0.3, 0.4) is 0 Å². The fourth-order valence-corrected chi connectivity index (χ4v) is 2.05. The summed E-state index contributed by atoms with van der Waals surface area (Å²) in [5.74, 6) is -0.707. The standard InChI is InChI=1S/C13H16FN3O/c1-9-12(6-3-7-15)13(18)17(16-9)11-5-2-4-10(14)8-11/h2,4-5,8,12H,3,6-7,15H2,1H3. The zero-order valence-corrected chi connectivity index (χ0v) is 10.3. The average molecular weight is 249 g/mol. The van der Waals surface area contributed by atoms with Gasteiger partial charge in [0.1, 0.15) is 5.82 Å². The van der Waals surface area contributed by atoms with E-state index in [4.69, 9.17) is 5.73 Å². The van der Waals surface area contributed by atoms with Crippen LogP contribution in [0.1, 0.15) is 19.8 Å². The number of carbonyl (C=O) groups excluding carboxylic acids is 1. The second-order valence-corrected chi connectivity index (χ2v) is 4.35. The van der Waals surface area contributed by atoms with Crippen molar-refractivity contribution < 1.29 is 9.18 Å². The molecule has 0 saturated carbocycles. The molecule has 0 aliphatic carbocycles. The molecule has 2 N–H and O–H groups in total. The number of nitrogens with zero attached hydrogens (tertiary/aromatic N) is 2. The molecule has 1 aliphatic rings. The van der Waals surface area contributed by atoms with Gasteiger partial charge < -0.3 is 5.73 Å². The summed E-state index contributed by atoms with van der Waals surface area (Å²) in [4.78, 5) is 12.2. The lowest BCUT2D eigenvalue weighted by atomic mass is 9.98. The normalized spacial score (nSPS) is 19.3. The van der Waals surface area contributed by atoms with Gasteiger partial charge in [0.15, 0.2) is 0 Å². The molecule has 0 fully saturated rings. The number of hydrogen-bond acceptors (Lipinski definition) is 3. The molecule has 5 heteroatoms. The Morgan fingerprint density at radius 2 is 2.28 bits per heavy atom. The van der Waals surface area contributed by atoms with Gasteiger partial charge in [-0.3, -0.25) is 4.79 Å². The summed E-state index contributed by atoms with van der Waals surface area (Å²) in [5, 5.41) is 5.49. The first-order valence-electron chi connectivity index (χ1n) is 5.98. The van der Waals surface area contributed by atoms with Crippen LogP contribution in [0.4, 0.5) is 10.1 Å². The van der Waals surface area contributed by atoms with Crippen molar-refractivity contribution in [3.05, 3.63) is 30.1 Å². The van der Waals surface area contributed by atoms with Gasteiger partial charge >= 0.3 is 0 Å². The van der Waals surface area contributed by atoms with Gasteiger partial charge in [-0.05, 0) is 44.5 Å². The highest BCUT2D eigenvalue weighted by Crippen LogP contribution is 2.26. The summed E-state index contributed by atoms with van der Waals surface area (Å²) in [6.45, 7) is 2.37. The summed E-state index contributed by atoms with van der Waals surface area (Å²) >= 11 is 0. The smallest absolute Gasteiger partial charge is 0.256 e. The Balaban J connectivity index is 2.20. The number of carbonyl (C=O) groups is 1. The molecule has 96 valence electrons. The number of benzene rings is 1. The van der Waals surface area contributed by atoms with E-state index in [1.54, 1.807) is 12.1 Å². The molecule has 1 heterocycles. The Kier molecular flexibility index (Phi) is 3.72. The van der Waals surface area contributed by atoms with Crippen molar-refractivity contribution in [1.29, 1.82) is 0 Å². The SMILES string of the molecule is CC1=NN(c2cccc(F)c2)C(=O)C1CCCN. The third-order valence-corrected chi connectivity index (χ3v) is 3.02. The first-order chi connectivity index (χ1) is 8.63. The first-order valence-corrected chi connectivity index (χ1v) is 5.98. The lowest BCUT2D eigenvalue weighted by Crippen LogP contribution is -2.27. The van der Waals surface area contributed by atoms with Crippen LogP contribution in [0, 0.1) is 11.7 Å². The van der Waals surface area contributed by atoms with Crippen LogP contribution >= 0.6 is 0 Å². The van der Waals surface area contributed by atoms with E-state index in [1.807, 2.05) is 6.92 Å². The van der Waals surface area contributed by atoms with Gasteiger partial charge in [0, 0.05) is 5.71 Å². The number of nitrogens with two attached hydrogens (primary N) is 1. The van der Waals surface area contributed by atoms with E-state index >= 15 is 0 Å². The van der Waals surface area contributed by atoms with Gasteiger partial charge in [-0.2, -0.15) is 5.10 Å². The maximum atomic E-state index is 13.1. The molecule has 1 aromatic rings. The zero-order chi connectivity index (χ0) is 13.1. The van der Waals surface area contributed by atoms with Gasteiger partial charge in [-0.25, -0.2) is 9.40 Å². The molecule has 0 aromatic heterocycles. The lowest BCUT2D eigenvalue weighted by molar-refractivity contribution is -0.119. The molecule has 1 unspecified atom stereocenters. The molecule has 1 aliphatic heterocycles. The number of rotatable bonds is 4. The van der Waals surface area contributed by atoms with E-state index in [1.165, 1.54) is 17.1 Å². The number of halogens is 1. The van der Waals surface area contributed by atoms with Crippen LogP contribution in [0.2, 0.25) is 0 Å². The van der Waals surface area contributed by atoms with Gasteiger partial charge in [-0.15, -0.1) is 0 Å². The maximum absolute atomic E-state index is 13.1. The van der Waals surface area contributed by atoms with E-state index in [2.05, 4.69) is 5.10 Å². The Morgan fingerprint density at radius 1 is 1.50 bits per heavy atom. The van der Waals surface area contributed by atoms with Crippen molar-refractivity contribution in [3.8, 4) is 0 Å². The van der Waals surface area contributed by atoms with Crippen molar-refractivity contribution in [2.24, 2.45) is 16.8 Å². The summed E-state index contributed by atoms with van der Waals surface area (Å²) in [5.41, 5.74) is 6.68. The van der Waals surface area contributed by atoms with Crippen molar-refractivity contribution in [2.45, 2.75) is 19.8 Å². The van der Waals surface area contributed by atoms with Crippen LogP contribution in [0.5, 0.6) is 0 Å². The van der Waals surface area contributed by atoms with Crippen LogP contribution in [-0.2, 0) is 4.79 Å². The molecule has 1 amide bonds. The first kappa shape index (κ1) is 12.7. The highest BCUT2D eigenvalue weighted by molar-refractivity contribution is 6.14. The molecule has 4 nitrogen and oxygen atoms in total. The fraction of sp³-hybridized carbons (Fsp3) is 0.385. The number of anilines is 1. The second-order valence-electron chi connectivity index (χ2n) is 4.35. The summed E-state index contributed by atoms with van der Waals surface area (Å²) < 4.78 is 13.1. The summed E-state index contributed by atoms with van der Waals surface area (Å²) in [7, 11) is 0. The minimum Gasteiger partial charge on any atom is -0.330 e. The van der Waals surface area contributed by atoms with E-state index in [0.717, 1.165) is 12.1 Å². The molecule has 1 aromatic carbocycles. The predicted molar refractivity (Wildman–Crippen MR) is 68.8 cm³/mol. The molecule has 0 spiro atoms. The molecule has 0 radical (unpaired) electrons. The average Bonchev–Trinajstić information content (AvgIpc) is 2.63. The minimum atomic E-state index is -0.376. The molecule has 0 bridgehead atoms. The van der Waals surface area contributed by atoms with Crippen LogP contribution in [-0.4, -0.2) is 18.2 Å². The Labute approximate surface area is 105 Å². The highest BCUT2D eigenvalue weighted by Gasteiger charge is 2.33. The summed E-state index contributed by atoms with van der Waals surface area (Å²) in [6, 6.07) is 5.88. The van der Waals surface area contributed by atoms with E-state index in [9.17, 15) is 9.18 Å². The highest BCUT2D eigenvalue weighted by atomic mass is 19.1. The Hall–Kier alpha value is -1.75. The molecular formula is C13H16FN3O. The van der Waals surface area contributed by atoms with E-state index in [-0.39, 0.29) is 17.6 Å². The fourth-order valence-electron chi connectivity index (χ4n) is 2.05. The quantitative estimate of drug-likeness (QED) is 0.886. The van der Waals surface area contributed by atoms with Crippen molar-refractivity contribution in [3.63, 3.8) is 0 Å². The van der Waals surface area contributed by atoms with Gasteiger partial charge in [0.05, 0.1) is 11.6 Å². The van der Waals surface area contributed by atoms with Gasteiger partial charge in [0.25, 0.3) is 5.91 Å². The number of hydrazone groups is 1. The maximum Gasteiger partial charge on any atom is 0.256 e. The number of hydrogen-bond donors (Lipinski definition) is 1. The zero-order valence-electron chi connectivity index (χ0n) is 10.3. The molecule has 1 atom stereocenters. The van der Waals surface area contributed by atoms with Crippen molar-refractivity contribution in [2.75, 3.05) is 11.6 Å². The number of amides is 1. The largest absolute Gasteiger partial charge is 0.330 e. The van der Waals surface area contributed by atoms with E-state index in [0.29, 0.717) is 18.7 Å². The second kappa shape index (κ2) is 5.27.